The molecule has 1 saturated heterocycles. The van der Waals surface area contributed by atoms with Crippen LogP contribution in [0.3, 0.4) is 0 Å². The molecule has 2 N–H and O–H groups in total. The van der Waals surface area contributed by atoms with Crippen molar-refractivity contribution in [3.63, 3.8) is 0 Å². The Morgan fingerprint density at radius 2 is 2.04 bits per heavy atom. The summed E-state index contributed by atoms with van der Waals surface area (Å²) in [5.74, 6) is 0. The predicted octanol–water partition coefficient (Wildman–Crippen LogP) is 3.25. The van der Waals surface area contributed by atoms with Crippen LogP contribution in [0.25, 0.3) is 11.0 Å². The molecule has 7 heteroatoms. The highest BCUT2D eigenvalue weighted by Gasteiger charge is 2.26. The maximum Gasteiger partial charge on any atom is 0.326 e. The molecular formula is C19H22N4O2S. The second-order valence-corrected chi connectivity index (χ2v) is 7.72. The summed E-state index contributed by atoms with van der Waals surface area (Å²) >= 11 is 1.66. The quantitative estimate of drug-likeness (QED) is 0.743. The summed E-state index contributed by atoms with van der Waals surface area (Å²) in [5, 5.41) is 5.05. The van der Waals surface area contributed by atoms with Gasteiger partial charge < -0.3 is 15.2 Å². The van der Waals surface area contributed by atoms with Gasteiger partial charge in [-0.25, -0.2) is 9.59 Å². The highest BCUT2D eigenvalue weighted by molar-refractivity contribution is 7.10. The van der Waals surface area contributed by atoms with Gasteiger partial charge in [0.15, 0.2) is 0 Å². The van der Waals surface area contributed by atoms with Gasteiger partial charge in [0.05, 0.1) is 17.6 Å². The molecule has 0 atom stereocenters. The lowest BCUT2D eigenvalue weighted by Crippen LogP contribution is -2.45. The van der Waals surface area contributed by atoms with E-state index in [4.69, 9.17) is 0 Å². The van der Waals surface area contributed by atoms with Crippen molar-refractivity contribution in [3.05, 3.63) is 56.6 Å². The fraction of sp³-hybridized carbons (Fsp3) is 0.368. The van der Waals surface area contributed by atoms with Crippen molar-refractivity contribution >= 4 is 28.4 Å². The number of urea groups is 1. The Morgan fingerprint density at radius 3 is 2.77 bits per heavy atom. The lowest BCUT2D eigenvalue weighted by atomic mass is 10.0. The standard InChI is InChI=1S/C19H22N4O2S/c1-13-8-11-26-17(13)12-20-18(24)22-9-6-14(7-10-22)23-16-5-3-2-4-15(16)21-19(23)25/h2-5,8,11,14H,6-7,9-10,12H2,1H3,(H,20,24)(H,21,25). The summed E-state index contributed by atoms with van der Waals surface area (Å²) in [7, 11) is 0. The molecule has 4 rings (SSSR count). The molecule has 1 aromatic carbocycles. The number of aryl methyl sites for hydroxylation is 1. The summed E-state index contributed by atoms with van der Waals surface area (Å²) in [4.78, 5) is 30.7. The average Bonchev–Trinajstić information content (AvgIpc) is 3.21. The number of benzene rings is 1. The number of aromatic nitrogens is 2. The minimum Gasteiger partial charge on any atom is -0.333 e. The fourth-order valence-corrected chi connectivity index (χ4v) is 4.46. The maximum atomic E-state index is 12.4. The number of hydrogen-bond donors (Lipinski definition) is 2. The highest BCUT2D eigenvalue weighted by Crippen LogP contribution is 2.25. The molecule has 26 heavy (non-hydrogen) atoms. The van der Waals surface area contributed by atoms with Crippen LogP contribution in [0.1, 0.15) is 29.3 Å². The maximum absolute atomic E-state index is 12.4. The van der Waals surface area contributed by atoms with Crippen molar-refractivity contribution < 1.29 is 4.79 Å². The van der Waals surface area contributed by atoms with Crippen LogP contribution in [0, 0.1) is 6.92 Å². The van der Waals surface area contributed by atoms with E-state index in [1.807, 2.05) is 39.1 Å². The molecular weight excluding hydrogens is 348 g/mol. The van der Waals surface area contributed by atoms with Crippen molar-refractivity contribution in [2.24, 2.45) is 0 Å². The van der Waals surface area contributed by atoms with Crippen molar-refractivity contribution in [1.29, 1.82) is 0 Å². The van der Waals surface area contributed by atoms with Crippen LogP contribution >= 0.6 is 11.3 Å². The molecule has 1 aliphatic heterocycles. The van der Waals surface area contributed by atoms with E-state index in [-0.39, 0.29) is 17.8 Å². The smallest absolute Gasteiger partial charge is 0.326 e. The molecule has 3 aromatic rings. The van der Waals surface area contributed by atoms with Crippen molar-refractivity contribution in [2.45, 2.75) is 32.4 Å². The van der Waals surface area contributed by atoms with Gasteiger partial charge in [-0.3, -0.25) is 4.57 Å². The van der Waals surface area contributed by atoms with Crippen LogP contribution < -0.4 is 11.0 Å². The first kappa shape index (κ1) is 16.9. The largest absolute Gasteiger partial charge is 0.333 e. The molecule has 6 nitrogen and oxygen atoms in total. The van der Waals surface area contributed by atoms with Gasteiger partial charge in [0.2, 0.25) is 0 Å². The Labute approximate surface area is 155 Å². The second kappa shape index (κ2) is 6.99. The van der Waals surface area contributed by atoms with E-state index in [0.717, 1.165) is 23.9 Å². The zero-order valence-electron chi connectivity index (χ0n) is 14.7. The number of aromatic amines is 1. The van der Waals surface area contributed by atoms with Gasteiger partial charge in [-0.1, -0.05) is 12.1 Å². The first-order valence-corrected chi connectivity index (χ1v) is 9.76. The van der Waals surface area contributed by atoms with Crippen LogP contribution in [-0.4, -0.2) is 33.6 Å². The Bertz CT molecular complexity index is 979. The number of hydrogen-bond acceptors (Lipinski definition) is 3. The zero-order valence-corrected chi connectivity index (χ0v) is 15.5. The zero-order chi connectivity index (χ0) is 18.1. The number of carbonyl (C=O) groups excluding carboxylic acids is 1. The van der Waals surface area contributed by atoms with Gasteiger partial charge >= 0.3 is 11.7 Å². The van der Waals surface area contributed by atoms with Gasteiger partial charge in [0, 0.05) is 24.0 Å². The molecule has 2 amide bonds. The van der Waals surface area contributed by atoms with Gasteiger partial charge in [-0.2, -0.15) is 0 Å². The lowest BCUT2D eigenvalue weighted by molar-refractivity contribution is 0.171. The molecule has 0 saturated carbocycles. The van der Waals surface area contributed by atoms with Gasteiger partial charge in [-0.05, 0) is 48.9 Å². The number of H-pyrrole nitrogens is 1. The number of carbonyl (C=O) groups is 1. The second-order valence-electron chi connectivity index (χ2n) is 6.72. The van der Waals surface area contributed by atoms with Crippen molar-refractivity contribution in [1.82, 2.24) is 19.8 Å². The van der Waals surface area contributed by atoms with Crippen LogP contribution in [0.15, 0.2) is 40.5 Å². The number of amides is 2. The van der Waals surface area contributed by atoms with E-state index < -0.39 is 0 Å². The van der Waals surface area contributed by atoms with Gasteiger partial charge in [0.25, 0.3) is 0 Å². The normalized spacial score (nSPS) is 15.5. The first-order chi connectivity index (χ1) is 12.6. The van der Waals surface area contributed by atoms with Crippen LogP contribution in [0.5, 0.6) is 0 Å². The third-order valence-electron chi connectivity index (χ3n) is 5.11. The third kappa shape index (κ3) is 3.14. The van der Waals surface area contributed by atoms with E-state index in [1.54, 1.807) is 11.3 Å². The first-order valence-electron chi connectivity index (χ1n) is 8.88. The Kier molecular flexibility index (Phi) is 4.55. The minimum atomic E-state index is -0.0673. The van der Waals surface area contributed by atoms with Gasteiger partial charge in [0.1, 0.15) is 0 Å². The average molecular weight is 370 g/mol. The number of piperidine rings is 1. The Hall–Kier alpha value is -2.54. The summed E-state index contributed by atoms with van der Waals surface area (Å²) in [6.45, 7) is 3.95. The SMILES string of the molecule is Cc1ccsc1CNC(=O)N1CCC(n2c(=O)[nH]c3ccccc32)CC1. The summed E-state index contributed by atoms with van der Waals surface area (Å²) in [6.07, 6.45) is 1.57. The summed E-state index contributed by atoms with van der Waals surface area (Å²) in [5.41, 5.74) is 2.95. The molecule has 1 fully saturated rings. The Balaban J connectivity index is 1.39. The molecule has 0 bridgehead atoms. The fourth-order valence-electron chi connectivity index (χ4n) is 3.62. The predicted molar refractivity (Wildman–Crippen MR) is 104 cm³/mol. The van der Waals surface area contributed by atoms with E-state index in [1.165, 1.54) is 10.4 Å². The number of nitrogens with one attached hydrogen (secondary N) is 2. The van der Waals surface area contributed by atoms with E-state index >= 15 is 0 Å². The van der Waals surface area contributed by atoms with Crippen molar-refractivity contribution in [3.8, 4) is 0 Å². The molecule has 3 heterocycles. The number of fused-ring (bicyclic) bond motifs is 1. The molecule has 0 aliphatic carbocycles. The molecule has 0 spiro atoms. The lowest BCUT2D eigenvalue weighted by Gasteiger charge is -2.32. The Morgan fingerprint density at radius 1 is 1.27 bits per heavy atom. The molecule has 0 radical (unpaired) electrons. The molecule has 136 valence electrons. The number of nitrogens with zero attached hydrogens (tertiary/aromatic N) is 2. The minimum absolute atomic E-state index is 0.0254. The van der Waals surface area contributed by atoms with E-state index in [9.17, 15) is 9.59 Å². The van der Waals surface area contributed by atoms with E-state index in [2.05, 4.69) is 23.3 Å². The van der Waals surface area contributed by atoms with Crippen molar-refractivity contribution in [2.75, 3.05) is 13.1 Å². The third-order valence-corrected chi connectivity index (χ3v) is 6.13. The van der Waals surface area contributed by atoms with Crippen LogP contribution in [0.4, 0.5) is 4.79 Å². The number of thiophene rings is 1. The number of para-hydroxylation sites is 2. The van der Waals surface area contributed by atoms with Gasteiger partial charge in [-0.15, -0.1) is 11.3 Å². The molecule has 0 unspecified atom stereocenters. The van der Waals surface area contributed by atoms with E-state index in [0.29, 0.717) is 19.6 Å². The number of imidazole rings is 1. The molecule has 2 aromatic heterocycles. The summed E-state index contributed by atoms with van der Waals surface area (Å²) in [6, 6.07) is 9.92. The number of rotatable bonds is 3. The number of likely N-dealkylation sites (tertiary alicyclic amines) is 1. The van der Waals surface area contributed by atoms with Crippen LogP contribution in [0.2, 0.25) is 0 Å². The summed E-state index contributed by atoms with van der Waals surface area (Å²) < 4.78 is 1.85. The highest BCUT2D eigenvalue weighted by atomic mass is 32.1. The monoisotopic (exact) mass is 370 g/mol. The molecule has 1 aliphatic rings. The topological polar surface area (TPSA) is 70.1 Å². The van der Waals surface area contributed by atoms with Crippen LogP contribution in [-0.2, 0) is 6.54 Å².